The molecule has 0 spiro atoms. The summed E-state index contributed by atoms with van der Waals surface area (Å²) in [5.41, 5.74) is 2.65. The Morgan fingerprint density at radius 1 is 0.964 bits per heavy atom. The molecule has 3 nitrogen and oxygen atoms in total. The Bertz CT molecular complexity index is 570. The van der Waals surface area contributed by atoms with E-state index in [1.54, 1.807) is 4.90 Å². The Balaban J connectivity index is 1.56. The van der Waals surface area contributed by atoms with Crippen molar-refractivity contribution in [3.63, 3.8) is 0 Å². The largest absolute Gasteiger partial charge is 0.491 e. The minimum atomic E-state index is -0.385. The van der Waals surface area contributed by atoms with E-state index >= 15 is 0 Å². The highest BCUT2D eigenvalue weighted by atomic mass is 16.5. The lowest BCUT2D eigenvalue weighted by Gasteiger charge is -2.39. The standard InChI is InChI=1S/C25H41NO2/c1-19(2)25-15-14-24(16-20(25)3)28-18-23(27)17-26(21-10-6-4-7-11-21)22-12-8-5-9-13-22/h14-16,19,21-23,27H,4-13,17-18H2,1-3H3/p+1/t23-/m1/s1. The Morgan fingerprint density at radius 2 is 1.54 bits per heavy atom. The van der Waals surface area contributed by atoms with Crippen LogP contribution in [0.25, 0.3) is 0 Å². The SMILES string of the molecule is Cc1cc(OC[C@H](O)C[NH+](C2CCCCC2)C2CCCCC2)ccc1C(C)C. The molecular formula is C25H42NO2+. The highest BCUT2D eigenvalue weighted by Gasteiger charge is 2.33. The van der Waals surface area contributed by atoms with Gasteiger partial charge in [-0.1, -0.05) is 32.8 Å². The zero-order chi connectivity index (χ0) is 19.9. The first-order chi connectivity index (χ1) is 13.5. The van der Waals surface area contributed by atoms with Crippen LogP contribution in [-0.4, -0.2) is 36.4 Å². The molecule has 2 aliphatic rings. The number of nitrogens with one attached hydrogen (secondary N) is 1. The van der Waals surface area contributed by atoms with Gasteiger partial charge in [-0.05, 0) is 87.5 Å². The average Bonchev–Trinajstić information content (AvgIpc) is 2.71. The molecule has 0 saturated heterocycles. The quantitative estimate of drug-likeness (QED) is 0.692. The molecule has 0 heterocycles. The number of aliphatic hydroxyl groups excluding tert-OH is 1. The van der Waals surface area contributed by atoms with Crippen molar-refractivity contribution in [1.82, 2.24) is 0 Å². The summed E-state index contributed by atoms with van der Waals surface area (Å²) in [6, 6.07) is 7.85. The Morgan fingerprint density at radius 3 is 2.04 bits per heavy atom. The smallest absolute Gasteiger partial charge is 0.137 e. The summed E-state index contributed by atoms with van der Waals surface area (Å²) in [5.74, 6) is 1.42. The van der Waals surface area contributed by atoms with Gasteiger partial charge in [0.1, 0.15) is 25.0 Å². The third kappa shape index (κ3) is 5.97. The van der Waals surface area contributed by atoms with Gasteiger partial charge in [0.2, 0.25) is 0 Å². The van der Waals surface area contributed by atoms with E-state index < -0.39 is 0 Å². The zero-order valence-corrected chi connectivity index (χ0v) is 18.4. The lowest BCUT2D eigenvalue weighted by Crippen LogP contribution is -3.20. The van der Waals surface area contributed by atoms with Gasteiger partial charge in [-0.15, -0.1) is 0 Å². The molecule has 1 aromatic rings. The summed E-state index contributed by atoms with van der Waals surface area (Å²) < 4.78 is 6.00. The molecule has 3 heteroatoms. The number of aliphatic hydroxyl groups is 1. The van der Waals surface area contributed by atoms with Crippen LogP contribution < -0.4 is 9.64 Å². The molecule has 0 amide bonds. The number of quaternary nitrogens is 1. The topological polar surface area (TPSA) is 33.9 Å². The molecular weight excluding hydrogens is 346 g/mol. The van der Waals surface area contributed by atoms with Crippen molar-refractivity contribution in [3.05, 3.63) is 29.3 Å². The molecule has 158 valence electrons. The average molecular weight is 389 g/mol. The van der Waals surface area contributed by atoms with Crippen molar-refractivity contribution in [2.45, 2.75) is 109 Å². The number of hydrogen-bond donors (Lipinski definition) is 2. The van der Waals surface area contributed by atoms with Crippen LogP contribution in [0.5, 0.6) is 5.75 Å². The van der Waals surface area contributed by atoms with Crippen molar-refractivity contribution in [1.29, 1.82) is 0 Å². The summed E-state index contributed by atoms with van der Waals surface area (Å²) in [4.78, 5) is 1.68. The van der Waals surface area contributed by atoms with E-state index in [1.807, 2.05) is 0 Å². The van der Waals surface area contributed by atoms with Crippen LogP contribution >= 0.6 is 0 Å². The minimum Gasteiger partial charge on any atom is -0.491 e. The van der Waals surface area contributed by atoms with Crippen molar-refractivity contribution in [3.8, 4) is 5.75 Å². The van der Waals surface area contributed by atoms with Crippen LogP contribution in [0.15, 0.2) is 18.2 Å². The van der Waals surface area contributed by atoms with Gasteiger partial charge in [-0.2, -0.15) is 0 Å². The van der Waals surface area contributed by atoms with Crippen LogP contribution in [0, 0.1) is 6.92 Å². The molecule has 2 saturated carbocycles. The Hall–Kier alpha value is -1.06. The maximum absolute atomic E-state index is 10.8. The molecule has 28 heavy (non-hydrogen) atoms. The van der Waals surface area contributed by atoms with Crippen molar-refractivity contribution in [2.24, 2.45) is 0 Å². The van der Waals surface area contributed by atoms with Crippen LogP contribution in [0.2, 0.25) is 0 Å². The molecule has 0 bridgehead atoms. The van der Waals surface area contributed by atoms with Crippen LogP contribution in [-0.2, 0) is 0 Å². The van der Waals surface area contributed by atoms with Gasteiger partial charge in [0.25, 0.3) is 0 Å². The van der Waals surface area contributed by atoms with Gasteiger partial charge < -0.3 is 14.7 Å². The minimum absolute atomic E-state index is 0.385. The lowest BCUT2D eigenvalue weighted by molar-refractivity contribution is -0.955. The summed E-state index contributed by atoms with van der Waals surface area (Å²) >= 11 is 0. The summed E-state index contributed by atoms with van der Waals surface area (Å²) in [6.45, 7) is 7.85. The fourth-order valence-electron chi connectivity index (χ4n) is 5.52. The van der Waals surface area contributed by atoms with Gasteiger partial charge in [-0.25, -0.2) is 0 Å². The summed E-state index contributed by atoms with van der Waals surface area (Å²) in [7, 11) is 0. The number of aryl methyl sites for hydroxylation is 1. The van der Waals surface area contributed by atoms with Crippen molar-refractivity contribution in [2.75, 3.05) is 13.2 Å². The van der Waals surface area contributed by atoms with Crippen LogP contribution in [0.1, 0.15) is 95.1 Å². The van der Waals surface area contributed by atoms with E-state index in [4.69, 9.17) is 4.74 Å². The number of hydrogen-bond acceptors (Lipinski definition) is 2. The third-order valence-corrected chi connectivity index (χ3v) is 7.04. The molecule has 1 atom stereocenters. The fraction of sp³-hybridized carbons (Fsp3) is 0.760. The predicted octanol–water partition coefficient (Wildman–Crippen LogP) is 4.41. The molecule has 1 aromatic carbocycles. The molecule has 0 aromatic heterocycles. The first-order valence-corrected chi connectivity index (χ1v) is 11.8. The lowest BCUT2D eigenvalue weighted by atomic mass is 9.88. The number of ether oxygens (including phenoxy) is 1. The normalized spacial score (nSPS) is 20.6. The van der Waals surface area contributed by atoms with E-state index in [-0.39, 0.29) is 6.10 Å². The van der Waals surface area contributed by atoms with Gasteiger partial charge >= 0.3 is 0 Å². The maximum atomic E-state index is 10.8. The molecule has 0 unspecified atom stereocenters. The van der Waals surface area contributed by atoms with Gasteiger partial charge in [-0.3, -0.25) is 0 Å². The fourth-order valence-corrected chi connectivity index (χ4v) is 5.52. The summed E-state index contributed by atoms with van der Waals surface area (Å²) in [5, 5.41) is 10.8. The maximum Gasteiger partial charge on any atom is 0.137 e. The Labute approximate surface area is 172 Å². The molecule has 2 N–H and O–H groups in total. The van der Waals surface area contributed by atoms with Crippen LogP contribution in [0.4, 0.5) is 0 Å². The molecule has 2 fully saturated rings. The Kier molecular flexibility index (Phi) is 8.23. The first kappa shape index (κ1) is 21.6. The second-order valence-electron chi connectivity index (χ2n) is 9.59. The highest BCUT2D eigenvalue weighted by Crippen LogP contribution is 2.24. The van der Waals surface area contributed by atoms with E-state index in [9.17, 15) is 5.11 Å². The van der Waals surface area contributed by atoms with E-state index in [0.29, 0.717) is 12.5 Å². The van der Waals surface area contributed by atoms with Crippen molar-refractivity contribution >= 4 is 0 Å². The molecule has 2 aliphatic carbocycles. The van der Waals surface area contributed by atoms with Gasteiger partial charge in [0.15, 0.2) is 0 Å². The second-order valence-corrected chi connectivity index (χ2v) is 9.59. The van der Waals surface area contributed by atoms with Crippen LogP contribution in [0.3, 0.4) is 0 Å². The van der Waals surface area contributed by atoms with E-state index in [0.717, 1.165) is 24.4 Å². The number of rotatable bonds is 8. The zero-order valence-electron chi connectivity index (χ0n) is 18.4. The summed E-state index contributed by atoms with van der Waals surface area (Å²) in [6.07, 6.45) is 13.3. The first-order valence-electron chi connectivity index (χ1n) is 11.8. The monoisotopic (exact) mass is 388 g/mol. The van der Waals surface area contributed by atoms with Gasteiger partial charge in [0, 0.05) is 0 Å². The van der Waals surface area contributed by atoms with E-state index in [1.165, 1.54) is 75.3 Å². The molecule has 3 rings (SSSR count). The van der Waals surface area contributed by atoms with Crippen molar-refractivity contribution < 1.29 is 14.7 Å². The molecule has 0 aliphatic heterocycles. The number of benzene rings is 1. The highest BCUT2D eigenvalue weighted by molar-refractivity contribution is 5.36. The van der Waals surface area contributed by atoms with Gasteiger partial charge in [0.05, 0.1) is 12.1 Å². The third-order valence-electron chi connectivity index (χ3n) is 7.04. The van der Waals surface area contributed by atoms with E-state index in [2.05, 4.69) is 39.0 Å². The molecule has 0 radical (unpaired) electrons. The second kappa shape index (κ2) is 10.6. The predicted molar refractivity (Wildman–Crippen MR) is 116 cm³/mol.